The minimum absolute atomic E-state index is 0.326. The van der Waals surface area contributed by atoms with Crippen molar-refractivity contribution >= 4 is 5.97 Å². The lowest BCUT2D eigenvalue weighted by Gasteiger charge is -2.38. The van der Waals surface area contributed by atoms with E-state index in [1.54, 1.807) is 7.11 Å². The van der Waals surface area contributed by atoms with E-state index in [1.807, 2.05) is 31.5 Å². The Kier molecular flexibility index (Phi) is 9.26. The number of ether oxygens (including phenoxy) is 2. The number of alkyl halides is 3. The molecule has 0 saturated carbocycles. The zero-order valence-corrected chi connectivity index (χ0v) is 17.5. The van der Waals surface area contributed by atoms with Crippen LogP contribution < -0.4 is 4.74 Å². The lowest BCUT2D eigenvalue weighted by Crippen LogP contribution is -2.44. The largest absolute Gasteiger partial charge is 0.497 e. The molecule has 170 valence electrons. The molecule has 1 aromatic carbocycles. The number of halogens is 3. The second-order valence-corrected chi connectivity index (χ2v) is 7.23. The summed E-state index contributed by atoms with van der Waals surface area (Å²) in [5, 5.41) is 7.12. The highest BCUT2D eigenvalue weighted by molar-refractivity contribution is 5.73. The van der Waals surface area contributed by atoms with Crippen molar-refractivity contribution in [3.8, 4) is 5.75 Å². The fraction of sp³-hybridized carbons (Fsp3) is 0.455. The van der Waals surface area contributed by atoms with Crippen LogP contribution in [0, 0.1) is 5.92 Å². The fourth-order valence-electron chi connectivity index (χ4n) is 3.52. The Morgan fingerprint density at radius 3 is 2.39 bits per heavy atom. The quantitative estimate of drug-likeness (QED) is 0.737. The van der Waals surface area contributed by atoms with E-state index in [0.29, 0.717) is 12.0 Å². The van der Waals surface area contributed by atoms with E-state index in [9.17, 15) is 13.2 Å². The van der Waals surface area contributed by atoms with Crippen LogP contribution in [0.1, 0.15) is 17.7 Å². The molecular weight excluding hydrogens is 413 g/mol. The molecule has 6 nitrogen and oxygen atoms in total. The van der Waals surface area contributed by atoms with Gasteiger partial charge < -0.3 is 14.6 Å². The van der Waals surface area contributed by atoms with Crippen LogP contribution in [0.4, 0.5) is 13.2 Å². The summed E-state index contributed by atoms with van der Waals surface area (Å²) in [6.45, 7) is 3.02. The second-order valence-electron chi connectivity index (χ2n) is 7.23. The van der Waals surface area contributed by atoms with Gasteiger partial charge >= 0.3 is 12.1 Å². The topological polar surface area (TPSA) is 71.9 Å². The first-order chi connectivity index (χ1) is 14.7. The number of hydrogen-bond acceptors (Lipinski definition) is 5. The highest BCUT2D eigenvalue weighted by Crippen LogP contribution is 2.25. The number of likely N-dealkylation sites (tertiary alicyclic amines) is 1. The monoisotopic (exact) mass is 440 g/mol. The number of aromatic nitrogens is 1. The minimum Gasteiger partial charge on any atom is -0.497 e. The third-order valence-corrected chi connectivity index (χ3v) is 5.06. The molecule has 0 amide bonds. The third kappa shape index (κ3) is 8.18. The number of carboxylic acids is 1. The van der Waals surface area contributed by atoms with Crippen LogP contribution in [0.25, 0.3) is 0 Å². The lowest BCUT2D eigenvalue weighted by molar-refractivity contribution is -0.192. The van der Waals surface area contributed by atoms with Crippen molar-refractivity contribution in [3.05, 3.63) is 59.9 Å². The first-order valence-electron chi connectivity index (χ1n) is 9.81. The van der Waals surface area contributed by atoms with Crippen LogP contribution in [0.2, 0.25) is 0 Å². The maximum atomic E-state index is 10.6. The molecule has 31 heavy (non-hydrogen) atoms. The minimum atomic E-state index is -5.08. The highest BCUT2D eigenvalue weighted by atomic mass is 19.4. The molecule has 1 N–H and O–H groups in total. The average Bonchev–Trinajstić information content (AvgIpc) is 2.75. The average molecular weight is 440 g/mol. The summed E-state index contributed by atoms with van der Waals surface area (Å²) in [6.07, 6.45) is -0.788. The van der Waals surface area contributed by atoms with Gasteiger partial charge in [-0.05, 0) is 42.7 Å². The molecule has 0 unspecified atom stereocenters. The second kappa shape index (κ2) is 11.7. The maximum absolute atomic E-state index is 10.6. The molecule has 0 bridgehead atoms. The number of piperidine rings is 1. The number of carboxylic acid groups (broad SMARTS) is 1. The molecule has 3 rings (SSSR count). The Hall–Kier alpha value is -2.65. The summed E-state index contributed by atoms with van der Waals surface area (Å²) in [5.74, 6) is -1.35. The van der Waals surface area contributed by atoms with Crippen LogP contribution in [0.5, 0.6) is 5.75 Å². The van der Waals surface area contributed by atoms with Gasteiger partial charge in [-0.15, -0.1) is 0 Å². The molecule has 1 fully saturated rings. The van der Waals surface area contributed by atoms with E-state index in [0.717, 1.165) is 43.9 Å². The molecule has 9 heteroatoms. The van der Waals surface area contributed by atoms with Crippen molar-refractivity contribution < 1.29 is 32.5 Å². The molecular formula is C22H27F3N2O4. The van der Waals surface area contributed by atoms with Gasteiger partial charge in [0, 0.05) is 38.9 Å². The Bertz CT molecular complexity index is 801. The van der Waals surface area contributed by atoms with Gasteiger partial charge in [0.25, 0.3) is 0 Å². The van der Waals surface area contributed by atoms with Gasteiger partial charge in [-0.3, -0.25) is 9.88 Å². The Labute approximate surface area is 179 Å². The molecule has 0 radical (unpaired) electrons. The van der Waals surface area contributed by atoms with Gasteiger partial charge in [0.2, 0.25) is 0 Å². The van der Waals surface area contributed by atoms with E-state index < -0.39 is 12.1 Å². The predicted molar refractivity (Wildman–Crippen MR) is 109 cm³/mol. The summed E-state index contributed by atoms with van der Waals surface area (Å²) in [7, 11) is 3.53. The lowest BCUT2D eigenvalue weighted by atomic mass is 9.88. The molecule has 2 heterocycles. The predicted octanol–water partition coefficient (Wildman–Crippen LogP) is 3.80. The van der Waals surface area contributed by atoms with Gasteiger partial charge in [0.15, 0.2) is 0 Å². The maximum Gasteiger partial charge on any atom is 0.490 e. The summed E-state index contributed by atoms with van der Waals surface area (Å²) in [6, 6.07) is 14.5. The standard InChI is InChI=1S/C20H26N2O2.C2HF3O2/c1-23-19-8-6-16(7-9-19)13-17-14-22(12-10-20(17)24-2)15-18-5-3-4-11-21-18;3-2(4,5)1(6)7/h3-9,11,17,20H,10,12-15H2,1-2H3;(H,6,7)/t17-,20+;/m0./s1. The number of carbonyl (C=O) groups is 1. The number of aliphatic carboxylic acids is 1. The number of nitrogens with zero attached hydrogens (tertiary/aromatic N) is 2. The van der Waals surface area contributed by atoms with Crippen LogP contribution in [-0.2, 0) is 22.5 Å². The smallest absolute Gasteiger partial charge is 0.490 e. The number of pyridine rings is 1. The van der Waals surface area contributed by atoms with E-state index in [1.165, 1.54) is 5.56 Å². The van der Waals surface area contributed by atoms with Crippen molar-refractivity contribution in [2.24, 2.45) is 5.92 Å². The Morgan fingerprint density at radius 2 is 1.87 bits per heavy atom. The van der Waals surface area contributed by atoms with Crippen molar-refractivity contribution in [3.63, 3.8) is 0 Å². The van der Waals surface area contributed by atoms with Crippen LogP contribution in [-0.4, -0.2) is 60.5 Å². The molecule has 2 aromatic rings. The van der Waals surface area contributed by atoms with Gasteiger partial charge in [-0.25, -0.2) is 4.79 Å². The SMILES string of the molecule is COc1ccc(C[C@H]2CN(Cc3ccccn3)CC[C@H]2OC)cc1.O=C(O)C(F)(F)F. The van der Waals surface area contributed by atoms with E-state index in [4.69, 9.17) is 19.4 Å². The van der Waals surface area contributed by atoms with E-state index in [-0.39, 0.29) is 0 Å². The van der Waals surface area contributed by atoms with Gasteiger partial charge in [-0.1, -0.05) is 18.2 Å². The molecule has 1 aliphatic rings. The normalized spacial score (nSPS) is 19.3. The summed E-state index contributed by atoms with van der Waals surface area (Å²) < 4.78 is 42.7. The first kappa shape index (κ1) is 24.6. The van der Waals surface area contributed by atoms with Gasteiger partial charge in [0.1, 0.15) is 5.75 Å². The van der Waals surface area contributed by atoms with Crippen molar-refractivity contribution in [2.75, 3.05) is 27.3 Å². The van der Waals surface area contributed by atoms with Crippen molar-refractivity contribution in [1.82, 2.24) is 9.88 Å². The summed E-state index contributed by atoms with van der Waals surface area (Å²) >= 11 is 0. The number of benzene rings is 1. The van der Waals surface area contributed by atoms with E-state index >= 15 is 0 Å². The summed E-state index contributed by atoms with van der Waals surface area (Å²) in [5.41, 5.74) is 2.47. The zero-order chi connectivity index (χ0) is 22.9. The fourth-order valence-corrected chi connectivity index (χ4v) is 3.52. The van der Waals surface area contributed by atoms with Crippen LogP contribution in [0.15, 0.2) is 48.7 Å². The number of methoxy groups -OCH3 is 2. The Morgan fingerprint density at radius 1 is 1.19 bits per heavy atom. The molecule has 1 saturated heterocycles. The molecule has 1 aromatic heterocycles. The zero-order valence-electron chi connectivity index (χ0n) is 17.5. The first-order valence-corrected chi connectivity index (χ1v) is 9.81. The Balaban J connectivity index is 0.000000423. The molecule has 1 aliphatic heterocycles. The molecule has 0 aliphatic carbocycles. The highest BCUT2D eigenvalue weighted by Gasteiger charge is 2.38. The van der Waals surface area contributed by atoms with Gasteiger partial charge in [0.05, 0.1) is 18.9 Å². The van der Waals surface area contributed by atoms with Crippen LogP contribution >= 0.6 is 0 Å². The summed E-state index contributed by atoms with van der Waals surface area (Å²) in [4.78, 5) is 15.8. The van der Waals surface area contributed by atoms with E-state index in [2.05, 4.69) is 34.1 Å². The number of hydrogen-bond donors (Lipinski definition) is 1. The number of rotatable bonds is 6. The molecule has 0 spiro atoms. The third-order valence-electron chi connectivity index (χ3n) is 5.06. The van der Waals surface area contributed by atoms with Crippen LogP contribution in [0.3, 0.4) is 0 Å². The van der Waals surface area contributed by atoms with Crippen molar-refractivity contribution in [2.45, 2.75) is 31.7 Å². The van der Waals surface area contributed by atoms with Gasteiger partial charge in [-0.2, -0.15) is 13.2 Å². The molecule has 2 atom stereocenters. The van der Waals surface area contributed by atoms with Crippen molar-refractivity contribution in [1.29, 1.82) is 0 Å².